The monoisotopic (exact) mass is 593 g/mol. The third kappa shape index (κ3) is 5.44. The van der Waals surface area contributed by atoms with E-state index >= 15 is 0 Å². The van der Waals surface area contributed by atoms with E-state index in [4.69, 9.17) is 4.74 Å². The number of hydrogen-bond donors (Lipinski definition) is 0. The lowest BCUT2D eigenvalue weighted by Crippen LogP contribution is -1.98. The fourth-order valence-corrected chi connectivity index (χ4v) is 4.27. The molecular weight excluding hydrogens is 581 g/mol. The average Bonchev–Trinajstić information content (AvgIpc) is 2.67. The Hall–Kier alpha value is -1.62. The van der Waals surface area contributed by atoms with Gasteiger partial charge < -0.3 is 4.74 Å². The molecule has 0 aliphatic rings. The molecule has 0 radical (unpaired) electrons. The fraction of sp³-hybridized carbons (Fsp3) is 0.0455. The summed E-state index contributed by atoms with van der Waals surface area (Å²) in [5.41, 5.74) is 3.38. The number of benzene rings is 3. The van der Waals surface area contributed by atoms with Crippen LogP contribution >= 0.6 is 54.5 Å². The highest BCUT2D eigenvalue weighted by molar-refractivity contribution is 14.1. The molecule has 2 nitrogen and oxygen atoms in total. The molecule has 5 heteroatoms. The summed E-state index contributed by atoms with van der Waals surface area (Å²) >= 11 is 9.35. The Labute approximate surface area is 189 Å². The molecule has 0 bridgehead atoms. The van der Waals surface area contributed by atoms with E-state index in [2.05, 4.69) is 60.5 Å². The molecule has 3 aromatic carbocycles. The number of halogens is 3. The zero-order valence-corrected chi connectivity index (χ0v) is 19.5. The molecule has 0 N–H and O–H groups in total. The molecule has 0 aliphatic heterocycles. The largest absolute Gasteiger partial charge is 0.487 e. The van der Waals surface area contributed by atoms with Gasteiger partial charge >= 0.3 is 0 Å². The van der Waals surface area contributed by atoms with Crippen molar-refractivity contribution in [3.05, 3.63) is 95.9 Å². The Bertz CT molecular complexity index is 1010. The van der Waals surface area contributed by atoms with Gasteiger partial charge in [-0.2, -0.15) is 5.26 Å². The molecule has 3 rings (SSSR count). The van der Waals surface area contributed by atoms with Crippen LogP contribution in [0.25, 0.3) is 11.6 Å². The molecule has 0 unspecified atom stereocenters. The second kappa shape index (κ2) is 9.54. The van der Waals surface area contributed by atoms with Gasteiger partial charge in [-0.1, -0.05) is 58.4 Å². The highest BCUT2D eigenvalue weighted by atomic mass is 127. The van der Waals surface area contributed by atoms with E-state index in [0.717, 1.165) is 29.2 Å². The molecule has 0 saturated carbocycles. The van der Waals surface area contributed by atoms with Crippen LogP contribution in [0.4, 0.5) is 0 Å². The first kappa shape index (κ1) is 20.1. The molecule has 27 heavy (non-hydrogen) atoms. The molecule has 0 aromatic heterocycles. The van der Waals surface area contributed by atoms with Crippen molar-refractivity contribution < 1.29 is 4.74 Å². The number of allylic oxidation sites excluding steroid dienone is 1. The van der Waals surface area contributed by atoms with E-state index in [0.29, 0.717) is 17.9 Å². The molecule has 0 amide bonds. The van der Waals surface area contributed by atoms with Crippen LogP contribution in [-0.2, 0) is 6.61 Å². The number of ether oxygens (including phenoxy) is 1. The maximum Gasteiger partial charge on any atom is 0.141 e. The maximum absolute atomic E-state index is 9.66. The predicted octanol–water partition coefficient (Wildman–Crippen LogP) is 7.46. The standard InChI is InChI=1S/C22H14Br2INO/c23-19-11-17(10-18(13-26)16-6-8-20(25)9-7-16)22(21(24)12-19)27-14-15-4-2-1-3-5-15/h1-12H,14H2/b18-10-. The Morgan fingerprint density at radius 2 is 1.74 bits per heavy atom. The lowest BCUT2D eigenvalue weighted by Gasteiger charge is -2.13. The summed E-state index contributed by atoms with van der Waals surface area (Å²) in [6.45, 7) is 0.452. The third-order valence-corrected chi connectivity index (χ3v) is 5.60. The number of rotatable bonds is 5. The highest BCUT2D eigenvalue weighted by Gasteiger charge is 2.11. The fourth-order valence-electron chi connectivity index (χ4n) is 2.53. The van der Waals surface area contributed by atoms with Gasteiger partial charge in [0.05, 0.1) is 16.1 Å². The first-order chi connectivity index (χ1) is 13.1. The van der Waals surface area contributed by atoms with Crippen LogP contribution in [0, 0.1) is 14.9 Å². The number of nitrogens with zero attached hydrogens (tertiary/aromatic N) is 1. The van der Waals surface area contributed by atoms with Crippen LogP contribution in [0.3, 0.4) is 0 Å². The highest BCUT2D eigenvalue weighted by Crippen LogP contribution is 2.36. The summed E-state index contributed by atoms with van der Waals surface area (Å²) in [4.78, 5) is 0. The Morgan fingerprint density at radius 1 is 1.04 bits per heavy atom. The minimum absolute atomic E-state index is 0.452. The van der Waals surface area contributed by atoms with E-state index < -0.39 is 0 Å². The molecule has 0 fully saturated rings. The topological polar surface area (TPSA) is 33.0 Å². The minimum atomic E-state index is 0.452. The van der Waals surface area contributed by atoms with Crippen molar-refractivity contribution in [2.75, 3.05) is 0 Å². The second-order valence-corrected chi connectivity index (χ2v) is 8.77. The van der Waals surface area contributed by atoms with Gasteiger partial charge in [-0.15, -0.1) is 0 Å². The van der Waals surface area contributed by atoms with Crippen molar-refractivity contribution in [3.8, 4) is 11.8 Å². The van der Waals surface area contributed by atoms with E-state index in [1.165, 1.54) is 0 Å². The molecular formula is C22H14Br2INO. The normalized spacial score (nSPS) is 11.1. The second-order valence-electron chi connectivity index (χ2n) is 5.76. The van der Waals surface area contributed by atoms with Gasteiger partial charge in [-0.3, -0.25) is 0 Å². The van der Waals surface area contributed by atoms with Gasteiger partial charge in [0.2, 0.25) is 0 Å². The molecule has 0 spiro atoms. The molecule has 3 aromatic rings. The van der Waals surface area contributed by atoms with Gasteiger partial charge in [0.15, 0.2) is 0 Å². The summed E-state index contributed by atoms with van der Waals surface area (Å²) in [5.74, 6) is 0.709. The van der Waals surface area contributed by atoms with Crippen LogP contribution in [0.5, 0.6) is 5.75 Å². The van der Waals surface area contributed by atoms with Crippen molar-refractivity contribution in [1.29, 1.82) is 5.26 Å². The SMILES string of the molecule is N#C/C(=C/c1cc(Br)cc(Br)c1OCc1ccccc1)c1ccc(I)cc1. The van der Waals surface area contributed by atoms with Crippen LogP contribution in [0.1, 0.15) is 16.7 Å². The van der Waals surface area contributed by atoms with E-state index in [9.17, 15) is 5.26 Å². The maximum atomic E-state index is 9.66. The van der Waals surface area contributed by atoms with Crippen molar-refractivity contribution in [1.82, 2.24) is 0 Å². The van der Waals surface area contributed by atoms with E-state index in [1.807, 2.05) is 72.8 Å². The van der Waals surface area contributed by atoms with Crippen molar-refractivity contribution in [3.63, 3.8) is 0 Å². The predicted molar refractivity (Wildman–Crippen MR) is 125 cm³/mol. The van der Waals surface area contributed by atoms with Gasteiger partial charge in [0.25, 0.3) is 0 Å². The quantitative estimate of drug-likeness (QED) is 0.175. The minimum Gasteiger partial charge on any atom is -0.487 e. The first-order valence-corrected chi connectivity index (χ1v) is 10.8. The zero-order chi connectivity index (χ0) is 19.2. The summed E-state index contributed by atoms with van der Waals surface area (Å²) in [6, 6.07) is 24.1. The van der Waals surface area contributed by atoms with Crippen LogP contribution in [-0.4, -0.2) is 0 Å². The van der Waals surface area contributed by atoms with E-state index in [1.54, 1.807) is 0 Å². The van der Waals surface area contributed by atoms with Gasteiger partial charge in [-0.25, -0.2) is 0 Å². The third-order valence-electron chi connectivity index (χ3n) is 3.84. The summed E-state index contributed by atoms with van der Waals surface area (Å²) < 4.78 is 8.96. The average molecular weight is 595 g/mol. The van der Waals surface area contributed by atoms with Gasteiger partial charge in [0.1, 0.15) is 12.4 Å². The summed E-state index contributed by atoms with van der Waals surface area (Å²) in [6.07, 6.45) is 1.86. The Kier molecular flexibility index (Phi) is 7.11. The first-order valence-electron chi connectivity index (χ1n) is 8.10. The lowest BCUT2D eigenvalue weighted by atomic mass is 10.0. The lowest BCUT2D eigenvalue weighted by molar-refractivity contribution is 0.303. The summed E-state index contributed by atoms with van der Waals surface area (Å²) in [7, 11) is 0. The number of nitriles is 1. The Balaban J connectivity index is 1.98. The van der Waals surface area contributed by atoms with Crippen LogP contribution in [0.15, 0.2) is 75.7 Å². The van der Waals surface area contributed by atoms with E-state index in [-0.39, 0.29) is 0 Å². The zero-order valence-electron chi connectivity index (χ0n) is 14.1. The van der Waals surface area contributed by atoms with Gasteiger partial charge in [-0.05, 0) is 80.0 Å². The van der Waals surface area contributed by atoms with Crippen molar-refractivity contribution >= 4 is 66.1 Å². The van der Waals surface area contributed by atoms with Crippen LogP contribution in [0.2, 0.25) is 0 Å². The Morgan fingerprint density at radius 3 is 2.41 bits per heavy atom. The van der Waals surface area contributed by atoms with Crippen molar-refractivity contribution in [2.45, 2.75) is 6.61 Å². The summed E-state index contributed by atoms with van der Waals surface area (Å²) in [5, 5.41) is 9.66. The van der Waals surface area contributed by atoms with Gasteiger partial charge in [0, 0.05) is 13.6 Å². The smallest absolute Gasteiger partial charge is 0.141 e. The molecule has 0 heterocycles. The molecule has 134 valence electrons. The van der Waals surface area contributed by atoms with Crippen LogP contribution < -0.4 is 4.74 Å². The molecule has 0 saturated heterocycles. The molecule has 0 atom stereocenters. The number of hydrogen-bond acceptors (Lipinski definition) is 2. The van der Waals surface area contributed by atoms with Crippen molar-refractivity contribution in [2.24, 2.45) is 0 Å². The molecule has 0 aliphatic carbocycles.